The number of aliphatic hydroxyl groups is 1. The van der Waals surface area contributed by atoms with E-state index in [1.807, 2.05) is 12.1 Å². The molecule has 132 valence electrons. The number of allylic oxidation sites excluding steroid dienone is 2. The van der Waals surface area contributed by atoms with Crippen molar-refractivity contribution in [3.63, 3.8) is 0 Å². The lowest BCUT2D eigenvalue weighted by Crippen LogP contribution is -2.66. The Hall–Kier alpha value is -1.98. The predicted octanol–water partition coefficient (Wildman–Crippen LogP) is 1.79. The van der Waals surface area contributed by atoms with Gasteiger partial charge in [-0.1, -0.05) is 12.1 Å². The Balaban J connectivity index is 1.89. The molecule has 0 unspecified atom stereocenters. The summed E-state index contributed by atoms with van der Waals surface area (Å²) in [4.78, 5) is 2.41. The summed E-state index contributed by atoms with van der Waals surface area (Å²) in [6, 6.07) is 4.46. The van der Waals surface area contributed by atoms with Crippen LogP contribution in [0.3, 0.4) is 0 Å². The van der Waals surface area contributed by atoms with Crippen LogP contribution in [0.1, 0.15) is 17.5 Å². The first-order valence-electron chi connectivity index (χ1n) is 8.80. The summed E-state index contributed by atoms with van der Waals surface area (Å²) in [6.45, 7) is 0.831. The number of benzene rings is 1. The van der Waals surface area contributed by atoms with Crippen molar-refractivity contribution < 1.29 is 19.3 Å². The van der Waals surface area contributed by atoms with E-state index < -0.39 is 5.60 Å². The maximum atomic E-state index is 10.6. The number of likely N-dealkylation sites (N-methyl/N-ethyl adjacent to an activating group) is 1. The SMILES string of the molecule is COC1=CC=C2[C@H]3Cc4ccc(OC)c5c4[C@@]2(CCN3C)[C@]1(CO)O5. The van der Waals surface area contributed by atoms with Crippen molar-refractivity contribution in [2.75, 3.05) is 34.4 Å². The molecule has 2 aliphatic heterocycles. The van der Waals surface area contributed by atoms with Gasteiger partial charge in [-0.3, -0.25) is 4.90 Å². The van der Waals surface area contributed by atoms with Crippen LogP contribution in [0.2, 0.25) is 0 Å². The van der Waals surface area contributed by atoms with Crippen molar-refractivity contribution in [2.45, 2.75) is 29.9 Å². The van der Waals surface area contributed by atoms with Gasteiger partial charge in [0.1, 0.15) is 5.76 Å². The lowest BCUT2D eigenvalue weighted by Gasteiger charge is -2.56. The Morgan fingerprint density at radius 2 is 2.12 bits per heavy atom. The minimum absolute atomic E-state index is 0.127. The summed E-state index contributed by atoms with van der Waals surface area (Å²) in [5.41, 5.74) is 2.53. The summed E-state index contributed by atoms with van der Waals surface area (Å²) in [6.07, 6.45) is 6.00. The van der Waals surface area contributed by atoms with Crippen LogP contribution in [0.25, 0.3) is 0 Å². The molecule has 5 heteroatoms. The number of piperidine rings is 1. The number of hydrogen-bond donors (Lipinski definition) is 1. The smallest absolute Gasteiger partial charge is 0.202 e. The molecule has 0 amide bonds. The first kappa shape index (κ1) is 15.3. The van der Waals surface area contributed by atoms with Gasteiger partial charge in [0, 0.05) is 11.6 Å². The molecular formula is C20H23NO4. The minimum atomic E-state index is -0.905. The molecule has 0 saturated carbocycles. The first-order chi connectivity index (χ1) is 12.1. The molecule has 0 radical (unpaired) electrons. The highest BCUT2D eigenvalue weighted by Gasteiger charge is 2.70. The average molecular weight is 341 g/mol. The molecular weight excluding hydrogens is 318 g/mol. The van der Waals surface area contributed by atoms with Gasteiger partial charge in [-0.25, -0.2) is 0 Å². The molecule has 1 N–H and O–H groups in total. The lowest BCUT2D eigenvalue weighted by molar-refractivity contribution is -0.0491. The van der Waals surface area contributed by atoms with Crippen LogP contribution in [0, 0.1) is 0 Å². The number of nitrogens with zero attached hydrogens (tertiary/aromatic N) is 1. The quantitative estimate of drug-likeness (QED) is 0.908. The van der Waals surface area contributed by atoms with Crippen molar-refractivity contribution in [1.82, 2.24) is 4.90 Å². The maximum Gasteiger partial charge on any atom is 0.202 e. The number of aliphatic hydroxyl groups excluding tert-OH is 1. The highest BCUT2D eigenvalue weighted by molar-refractivity contribution is 5.69. The van der Waals surface area contributed by atoms with Gasteiger partial charge in [-0.2, -0.15) is 0 Å². The highest BCUT2D eigenvalue weighted by atomic mass is 16.6. The van der Waals surface area contributed by atoms with E-state index in [0.717, 1.165) is 30.9 Å². The molecule has 2 aliphatic carbocycles. The zero-order valence-electron chi connectivity index (χ0n) is 14.8. The number of ether oxygens (including phenoxy) is 3. The van der Waals surface area contributed by atoms with Crippen LogP contribution in [0.5, 0.6) is 11.5 Å². The van der Waals surface area contributed by atoms with Gasteiger partial charge in [0.05, 0.1) is 26.2 Å². The van der Waals surface area contributed by atoms with Gasteiger partial charge >= 0.3 is 0 Å². The summed E-state index contributed by atoms with van der Waals surface area (Å²) in [5, 5.41) is 10.6. The molecule has 1 fully saturated rings. The van der Waals surface area contributed by atoms with Crippen LogP contribution < -0.4 is 9.47 Å². The number of rotatable bonds is 3. The molecule has 5 rings (SSSR count). The van der Waals surface area contributed by atoms with Crippen molar-refractivity contribution in [3.05, 3.63) is 46.7 Å². The zero-order chi connectivity index (χ0) is 17.4. The van der Waals surface area contributed by atoms with Gasteiger partial charge < -0.3 is 19.3 Å². The van der Waals surface area contributed by atoms with Gasteiger partial charge in [0.2, 0.25) is 5.60 Å². The second-order valence-electron chi connectivity index (χ2n) is 7.43. The summed E-state index contributed by atoms with van der Waals surface area (Å²) >= 11 is 0. The molecule has 1 aromatic rings. The number of methoxy groups -OCH3 is 2. The second kappa shape index (κ2) is 4.80. The fourth-order valence-electron chi connectivity index (χ4n) is 5.60. The number of likely N-dealkylation sites (tertiary alicyclic amines) is 1. The van der Waals surface area contributed by atoms with Crippen molar-refractivity contribution in [3.8, 4) is 11.5 Å². The first-order valence-corrected chi connectivity index (χ1v) is 8.80. The van der Waals surface area contributed by atoms with E-state index in [2.05, 4.69) is 24.1 Å². The third-order valence-electron chi connectivity index (χ3n) is 6.71. The Morgan fingerprint density at radius 1 is 1.28 bits per heavy atom. The molecule has 5 nitrogen and oxygen atoms in total. The van der Waals surface area contributed by atoms with Gasteiger partial charge in [-0.05, 0) is 49.7 Å². The minimum Gasteiger partial charge on any atom is -0.497 e. The van der Waals surface area contributed by atoms with Crippen LogP contribution in [0.15, 0.2) is 35.6 Å². The van der Waals surface area contributed by atoms with Gasteiger partial charge in [-0.15, -0.1) is 0 Å². The zero-order valence-corrected chi connectivity index (χ0v) is 14.8. The maximum absolute atomic E-state index is 10.6. The topological polar surface area (TPSA) is 51.2 Å². The fourth-order valence-corrected chi connectivity index (χ4v) is 5.60. The van der Waals surface area contributed by atoms with E-state index >= 15 is 0 Å². The Kier molecular flexibility index (Phi) is 2.94. The molecule has 0 aromatic heterocycles. The molecule has 1 aromatic carbocycles. The Morgan fingerprint density at radius 3 is 2.84 bits per heavy atom. The fraction of sp³-hybridized carbons (Fsp3) is 0.500. The molecule has 2 heterocycles. The molecule has 4 aliphatic rings. The molecule has 1 saturated heterocycles. The molecule has 3 atom stereocenters. The Labute approximate surface area is 147 Å². The van der Waals surface area contributed by atoms with E-state index in [1.54, 1.807) is 14.2 Å². The van der Waals surface area contributed by atoms with Crippen molar-refractivity contribution in [2.24, 2.45) is 0 Å². The van der Waals surface area contributed by atoms with Crippen molar-refractivity contribution >= 4 is 0 Å². The second-order valence-corrected chi connectivity index (χ2v) is 7.43. The third-order valence-corrected chi connectivity index (χ3v) is 6.71. The lowest BCUT2D eigenvalue weighted by atomic mass is 9.52. The van der Waals surface area contributed by atoms with Crippen molar-refractivity contribution in [1.29, 1.82) is 0 Å². The van der Waals surface area contributed by atoms with Crippen LogP contribution >= 0.6 is 0 Å². The number of hydrogen-bond acceptors (Lipinski definition) is 5. The average Bonchev–Trinajstić information content (AvgIpc) is 2.95. The van der Waals surface area contributed by atoms with E-state index in [1.165, 1.54) is 16.7 Å². The predicted molar refractivity (Wildman–Crippen MR) is 93.0 cm³/mol. The molecule has 2 bridgehead atoms. The van der Waals surface area contributed by atoms with E-state index in [-0.39, 0.29) is 12.0 Å². The van der Waals surface area contributed by atoms with Crippen LogP contribution in [-0.4, -0.2) is 56.1 Å². The van der Waals surface area contributed by atoms with E-state index in [0.29, 0.717) is 11.8 Å². The summed E-state index contributed by atoms with van der Waals surface area (Å²) < 4.78 is 17.8. The van der Waals surface area contributed by atoms with Gasteiger partial charge in [0.15, 0.2) is 11.5 Å². The van der Waals surface area contributed by atoms with Gasteiger partial charge in [0.25, 0.3) is 0 Å². The highest BCUT2D eigenvalue weighted by Crippen LogP contribution is 2.66. The van der Waals surface area contributed by atoms with E-state index in [4.69, 9.17) is 14.2 Å². The molecule has 25 heavy (non-hydrogen) atoms. The van der Waals surface area contributed by atoms with E-state index in [9.17, 15) is 5.11 Å². The monoisotopic (exact) mass is 341 g/mol. The largest absolute Gasteiger partial charge is 0.497 e. The third kappa shape index (κ3) is 1.49. The summed E-state index contributed by atoms with van der Waals surface area (Å²) in [5.74, 6) is 2.18. The standard InChI is InChI=1S/C20H23NO4/c1-21-9-8-19-13-5-7-16(24-3)20(19,11-22)25-18-15(23-2)6-4-12(17(18)19)10-14(13)21/h4-7,14,22H,8-11H2,1-3H3/t14-,19+,20-/m1/s1. The van der Waals surface area contributed by atoms with Crippen LogP contribution in [-0.2, 0) is 16.6 Å². The Bertz CT molecular complexity index is 829. The normalized spacial score (nSPS) is 34.6. The van der Waals surface area contributed by atoms with Crippen LogP contribution in [0.4, 0.5) is 0 Å². The molecule has 1 spiro atoms. The summed E-state index contributed by atoms with van der Waals surface area (Å²) in [7, 11) is 5.50.